The number of carbonyl (C=O) groups is 4. The summed E-state index contributed by atoms with van der Waals surface area (Å²) < 4.78 is 5.71. The van der Waals surface area contributed by atoms with Crippen molar-refractivity contribution in [2.45, 2.75) is 39.7 Å². The van der Waals surface area contributed by atoms with Crippen LogP contribution in [0.15, 0.2) is 65.1 Å². The van der Waals surface area contributed by atoms with Crippen LogP contribution in [-0.4, -0.2) is 42.4 Å². The molecule has 2 amide bonds. The Labute approximate surface area is 217 Å². The molecule has 0 aliphatic carbocycles. The van der Waals surface area contributed by atoms with Gasteiger partial charge < -0.3 is 9.32 Å². The number of amides is 2. The standard InChI is InChI=1S/C30H32N2O5/c1-18(2)28(34)26-27(23-9-7-6-8-20(23)13-17-25(33)31(4)5)32(30(36)29(26)35)22-14-11-21(12-15-22)24-16-10-19(3)37-24/h6-12,14-16,18,26-27H,13,17H2,1-5H3. The quantitative estimate of drug-likeness (QED) is 0.328. The van der Waals surface area contributed by atoms with Crippen molar-refractivity contribution in [3.8, 4) is 11.3 Å². The van der Waals surface area contributed by atoms with E-state index < -0.39 is 29.6 Å². The summed E-state index contributed by atoms with van der Waals surface area (Å²) in [5.41, 5.74) is 2.90. The largest absolute Gasteiger partial charge is 0.461 e. The van der Waals surface area contributed by atoms with Crippen LogP contribution in [0.4, 0.5) is 5.69 Å². The highest BCUT2D eigenvalue weighted by Crippen LogP contribution is 2.43. The smallest absolute Gasteiger partial charge is 0.295 e. The van der Waals surface area contributed by atoms with Gasteiger partial charge in [-0.3, -0.25) is 24.1 Å². The predicted molar refractivity (Wildman–Crippen MR) is 141 cm³/mol. The molecule has 0 spiro atoms. The third-order valence-corrected chi connectivity index (χ3v) is 6.83. The van der Waals surface area contributed by atoms with Crippen molar-refractivity contribution in [3.05, 3.63) is 77.6 Å². The average Bonchev–Trinajstić information content (AvgIpc) is 3.43. The molecule has 0 saturated carbocycles. The molecule has 1 aromatic heterocycles. The highest BCUT2D eigenvalue weighted by Gasteiger charge is 2.52. The first-order valence-electron chi connectivity index (χ1n) is 12.5. The molecule has 2 unspecified atom stereocenters. The first-order chi connectivity index (χ1) is 17.6. The van der Waals surface area contributed by atoms with E-state index in [1.807, 2.05) is 55.5 Å². The summed E-state index contributed by atoms with van der Waals surface area (Å²) in [6, 6.07) is 17.6. The highest BCUT2D eigenvalue weighted by molar-refractivity contribution is 6.48. The minimum Gasteiger partial charge on any atom is -0.461 e. The van der Waals surface area contributed by atoms with Gasteiger partial charge in [0.05, 0.1) is 6.04 Å². The summed E-state index contributed by atoms with van der Waals surface area (Å²) in [5, 5.41) is 0. The molecule has 1 aliphatic rings. The number of carbonyl (C=O) groups excluding carboxylic acids is 4. The maximum Gasteiger partial charge on any atom is 0.295 e. The number of benzene rings is 2. The Balaban J connectivity index is 1.78. The molecular formula is C30H32N2O5. The fourth-order valence-corrected chi connectivity index (χ4v) is 4.80. The van der Waals surface area contributed by atoms with E-state index in [4.69, 9.17) is 4.42 Å². The van der Waals surface area contributed by atoms with Gasteiger partial charge in [0.1, 0.15) is 23.2 Å². The van der Waals surface area contributed by atoms with E-state index in [1.165, 1.54) is 9.80 Å². The lowest BCUT2D eigenvalue weighted by Gasteiger charge is -2.29. The number of hydrogen-bond acceptors (Lipinski definition) is 5. The Morgan fingerprint density at radius 3 is 2.24 bits per heavy atom. The maximum atomic E-state index is 13.4. The summed E-state index contributed by atoms with van der Waals surface area (Å²) in [4.78, 5) is 55.3. The number of aryl methyl sites for hydroxylation is 2. The first-order valence-corrected chi connectivity index (χ1v) is 12.5. The second kappa shape index (κ2) is 10.5. The molecule has 192 valence electrons. The van der Waals surface area contributed by atoms with Gasteiger partial charge in [0.2, 0.25) is 11.7 Å². The molecule has 7 nitrogen and oxygen atoms in total. The van der Waals surface area contributed by atoms with Crippen molar-refractivity contribution in [1.29, 1.82) is 0 Å². The number of hydrogen-bond donors (Lipinski definition) is 0. The lowest BCUT2D eigenvalue weighted by Crippen LogP contribution is -2.32. The van der Waals surface area contributed by atoms with Gasteiger partial charge in [-0.25, -0.2) is 0 Å². The summed E-state index contributed by atoms with van der Waals surface area (Å²) in [6.45, 7) is 5.34. The molecule has 2 aromatic carbocycles. The molecule has 7 heteroatoms. The van der Waals surface area contributed by atoms with Gasteiger partial charge in [-0.15, -0.1) is 0 Å². The van der Waals surface area contributed by atoms with Gasteiger partial charge in [0.25, 0.3) is 5.91 Å². The fourth-order valence-electron chi connectivity index (χ4n) is 4.80. The highest BCUT2D eigenvalue weighted by atomic mass is 16.3. The number of Topliss-reactive ketones (excluding diaryl/α,β-unsaturated/α-hetero) is 2. The number of ketones is 2. The van der Waals surface area contributed by atoms with Crippen molar-refractivity contribution >= 4 is 29.1 Å². The van der Waals surface area contributed by atoms with Crippen LogP contribution in [0.5, 0.6) is 0 Å². The molecule has 0 bridgehead atoms. The second-order valence-electron chi connectivity index (χ2n) is 9.96. The van der Waals surface area contributed by atoms with E-state index in [1.54, 1.807) is 40.1 Å². The zero-order valence-corrected chi connectivity index (χ0v) is 21.9. The van der Waals surface area contributed by atoms with Crippen molar-refractivity contribution in [1.82, 2.24) is 4.90 Å². The lowest BCUT2D eigenvalue weighted by atomic mass is 9.82. The Morgan fingerprint density at radius 1 is 0.973 bits per heavy atom. The Morgan fingerprint density at radius 2 is 1.65 bits per heavy atom. The normalized spacial score (nSPS) is 17.5. The van der Waals surface area contributed by atoms with E-state index in [0.29, 0.717) is 23.4 Å². The third kappa shape index (κ3) is 5.12. The lowest BCUT2D eigenvalue weighted by molar-refractivity contribution is -0.140. The van der Waals surface area contributed by atoms with Gasteiger partial charge in [0, 0.05) is 37.7 Å². The van der Waals surface area contributed by atoms with Crippen LogP contribution >= 0.6 is 0 Å². The average molecular weight is 501 g/mol. The summed E-state index contributed by atoms with van der Waals surface area (Å²) >= 11 is 0. The van der Waals surface area contributed by atoms with E-state index >= 15 is 0 Å². The van der Waals surface area contributed by atoms with E-state index in [9.17, 15) is 19.2 Å². The van der Waals surface area contributed by atoms with E-state index in [2.05, 4.69) is 0 Å². The molecular weight excluding hydrogens is 468 g/mol. The number of furan rings is 1. The van der Waals surface area contributed by atoms with Crippen LogP contribution in [0.25, 0.3) is 11.3 Å². The second-order valence-corrected chi connectivity index (χ2v) is 9.96. The summed E-state index contributed by atoms with van der Waals surface area (Å²) in [6.07, 6.45) is 0.706. The molecule has 1 fully saturated rings. The Kier molecular flexibility index (Phi) is 7.43. The van der Waals surface area contributed by atoms with Gasteiger partial charge in [-0.05, 0) is 60.9 Å². The van der Waals surface area contributed by atoms with Gasteiger partial charge in [0.15, 0.2) is 0 Å². The van der Waals surface area contributed by atoms with Crippen LogP contribution in [0, 0.1) is 18.8 Å². The number of anilines is 1. The van der Waals surface area contributed by atoms with Crippen molar-refractivity contribution in [3.63, 3.8) is 0 Å². The molecule has 4 rings (SSSR count). The zero-order chi connectivity index (χ0) is 26.9. The molecule has 0 N–H and O–H groups in total. The van der Waals surface area contributed by atoms with Crippen LogP contribution in [0.1, 0.15) is 43.2 Å². The van der Waals surface area contributed by atoms with Crippen LogP contribution < -0.4 is 4.90 Å². The molecule has 1 aliphatic heterocycles. The predicted octanol–water partition coefficient (Wildman–Crippen LogP) is 4.77. The molecule has 3 aromatic rings. The molecule has 2 heterocycles. The maximum absolute atomic E-state index is 13.4. The number of nitrogens with zero attached hydrogens (tertiary/aromatic N) is 2. The first kappa shape index (κ1) is 26.1. The van der Waals surface area contributed by atoms with Crippen LogP contribution in [-0.2, 0) is 25.6 Å². The van der Waals surface area contributed by atoms with E-state index in [0.717, 1.165) is 16.9 Å². The minimum absolute atomic E-state index is 0.0243. The van der Waals surface area contributed by atoms with Gasteiger partial charge >= 0.3 is 0 Å². The monoisotopic (exact) mass is 500 g/mol. The summed E-state index contributed by atoms with van der Waals surface area (Å²) in [5.74, 6) is -1.75. The topological polar surface area (TPSA) is 87.9 Å². The summed E-state index contributed by atoms with van der Waals surface area (Å²) in [7, 11) is 3.41. The van der Waals surface area contributed by atoms with E-state index in [-0.39, 0.29) is 18.1 Å². The molecule has 2 atom stereocenters. The molecule has 0 radical (unpaired) electrons. The minimum atomic E-state index is -1.12. The number of rotatable bonds is 8. The van der Waals surface area contributed by atoms with Crippen molar-refractivity contribution in [2.24, 2.45) is 11.8 Å². The molecule has 1 saturated heterocycles. The van der Waals surface area contributed by atoms with Crippen molar-refractivity contribution in [2.75, 3.05) is 19.0 Å². The van der Waals surface area contributed by atoms with Gasteiger partial charge in [-0.2, -0.15) is 0 Å². The zero-order valence-electron chi connectivity index (χ0n) is 21.9. The Hall–Kier alpha value is -4.00. The fraction of sp³-hybridized carbons (Fsp3) is 0.333. The Bertz CT molecular complexity index is 1340. The van der Waals surface area contributed by atoms with Crippen LogP contribution in [0.2, 0.25) is 0 Å². The SMILES string of the molecule is Cc1ccc(-c2ccc(N3C(=O)C(=O)C(C(=O)C(C)C)C3c3ccccc3CCC(=O)N(C)C)cc2)o1. The van der Waals surface area contributed by atoms with Gasteiger partial charge in [-0.1, -0.05) is 38.1 Å². The van der Waals surface area contributed by atoms with Crippen molar-refractivity contribution < 1.29 is 23.6 Å². The van der Waals surface area contributed by atoms with Crippen LogP contribution in [0.3, 0.4) is 0 Å². The molecule has 37 heavy (non-hydrogen) atoms. The third-order valence-electron chi connectivity index (χ3n) is 6.83.